The zero-order valence-corrected chi connectivity index (χ0v) is 13.6. The van der Waals surface area contributed by atoms with Gasteiger partial charge in [0.15, 0.2) is 0 Å². The molecule has 1 aromatic rings. The Bertz CT molecular complexity index is 431. The van der Waals surface area contributed by atoms with Crippen molar-refractivity contribution < 1.29 is 9.90 Å². The lowest BCUT2D eigenvalue weighted by Crippen LogP contribution is -2.33. The molecule has 1 unspecified atom stereocenters. The number of rotatable bonds is 10. The van der Waals surface area contributed by atoms with Gasteiger partial charge in [-0.2, -0.15) is 0 Å². The van der Waals surface area contributed by atoms with Gasteiger partial charge in [0.05, 0.1) is 5.92 Å². The number of carboxylic acids is 1. The van der Waals surface area contributed by atoms with E-state index in [1.165, 1.54) is 30.5 Å². The Labute approximate surface area is 129 Å². The maximum absolute atomic E-state index is 11.2. The van der Waals surface area contributed by atoms with E-state index in [9.17, 15) is 9.90 Å². The Kier molecular flexibility index (Phi) is 7.88. The second-order valence-corrected chi connectivity index (χ2v) is 5.73. The van der Waals surface area contributed by atoms with Gasteiger partial charge in [-0.15, -0.1) is 0 Å². The summed E-state index contributed by atoms with van der Waals surface area (Å²) >= 11 is 0. The van der Waals surface area contributed by atoms with Crippen molar-refractivity contribution in [1.29, 1.82) is 0 Å². The molecule has 0 saturated heterocycles. The zero-order valence-electron chi connectivity index (χ0n) is 13.6. The van der Waals surface area contributed by atoms with Gasteiger partial charge in [0.25, 0.3) is 0 Å². The third-order valence-corrected chi connectivity index (χ3v) is 3.91. The van der Waals surface area contributed by atoms with Gasteiger partial charge in [0.1, 0.15) is 0 Å². The number of hydrogen-bond donors (Lipinski definition) is 1. The molecule has 0 bridgehead atoms. The molecule has 0 aliphatic rings. The number of aryl methyl sites for hydroxylation is 1. The van der Waals surface area contributed by atoms with Crippen LogP contribution in [0.4, 0.5) is 5.69 Å². The fraction of sp³-hybridized carbons (Fsp3) is 0.611. The van der Waals surface area contributed by atoms with E-state index in [1.54, 1.807) is 6.92 Å². The quantitative estimate of drug-likeness (QED) is 0.651. The summed E-state index contributed by atoms with van der Waals surface area (Å²) in [7, 11) is 0. The highest BCUT2D eigenvalue weighted by molar-refractivity contribution is 5.70. The summed E-state index contributed by atoms with van der Waals surface area (Å²) < 4.78 is 0. The Morgan fingerprint density at radius 2 is 1.90 bits per heavy atom. The van der Waals surface area contributed by atoms with Crippen LogP contribution in [0, 0.1) is 5.92 Å². The van der Waals surface area contributed by atoms with E-state index < -0.39 is 5.97 Å². The second-order valence-electron chi connectivity index (χ2n) is 5.73. The minimum Gasteiger partial charge on any atom is -0.481 e. The topological polar surface area (TPSA) is 40.5 Å². The van der Waals surface area contributed by atoms with Crippen LogP contribution in [0.2, 0.25) is 0 Å². The van der Waals surface area contributed by atoms with E-state index >= 15 is 0 Å². The Morgan fingerprint density at radius 3 is 2.52 bits per heavy atom. The predicted octanol–water partition coefficient (Wildman–Crippen LogP) is 4.36. The third kappa shape index (κ3) is 5.78. The molecule has 0 aromatic heterocycles. The van der Waals surface area contributed by atoms with E-state index in [2.05, 4.69) is 36.9 Å². The Hall–Kier alpha value is -1.51. The number of carbonyl (C=O) groups is 1. The van der Waals surface area contributed by atoms with Crippen LogP contribution in [0.3, 0.4) is 0 Å². The minimum absolute atomic E-state index is 0.346. The highest BCUT2D eigenvalue weighted by Crippen LogP contribution is 2.23. The average Bonchev–Trinajstić information content (AvgIpc) is 2.50. The number of carboxylic acid groups (broad SMARTS) is 1. The first kappa shape index (κ1) is 17.5. The fourth-order valence-corrected chi connectivity index (χ4v) is 2.57. The molecule has 0 amide bonds. The molecule has 0 spiro atoms. The SMILES string of the molecule is CCCCCCN(CC(C)C(=O)O)c1ccccc1CC. The summed E-state index contributed by atoms with van der Waals surface area (Å²) in [6.45, 7) is 7.66. The molecule has 1 N–H and O–H groups in total. The van der Waals surface area contributed by atoms with Crippen molar-refractivity contribution in [3.8, 4) is 0 Å². The lowest BCUT2D eigenvalue weighted by atomic mass is 10.1. The van der Waals surface area contributed by atoms with Crippen LogP contribution in [0.5, 0.6) is 0 Å². The van der Waals surface area contributed by atoms with Gasteiger partial charge in [0, 0.05) is 18.8 Å². The van der Waals surface area contributed by atoms with E-state index in [4.69, 9.17) is 0 Å². The first-order valence-corrected chi connectivity index (χ1v) is 8.15. The summed E-state index contributed by atoms with van der Waals surface area (Å²) in [5.41, 5.74) is 2.50. The monoisotopic (exact) mass is 291 g/mol. The van der Waals surface area contributed by atoms with E-state index in [-0.39, 0.29) is 5.92 Å². The number of nitrogens with zero attached hydrogens (tertiary/aromatic N) is 1. The molecule has 118 valence electrons. The van der Waals surface area contributed by atoms with Crippen molar-refractivity contribution in [2.24, 2.45) is 5.92 Å². The zero-order chi connectivity index (χ0) is 15.7. The number of unbranched alkanes of at least 4 members (excludes halogenated alkanes) is 3. The molecule has 0 heterocycles. The van der Waals surface area contributed by atoms with Crippen molar-refractivity contribution in [1.82, 2.24) is 0 Å². The van der Waals surface area contributed by atoms with Crippen LogP contribution in [0.15, 0.2) is 24.3 Å². The molecule has 0 saturated carbocycles. The maximum atomic E-state index is 11.2. The molecule has 21 heavy (non-hydrogen) atoms. The minimum atomic E-state index is -0.720. The number of hydrogen-bond acceptors (Lipinski definition) is 2. The molecule has 0 fully saturated rings. The predicted molar refractivity (Wildman–Crippen MR) is 89.0 cm³/mol. The first-order valence-electron chi connectivity index (χ1n) is 8.15. The van der Waals surface area contributed by atoms with Crippen molar-refractivity contribution in [2.45, 2.75) is 52.9 Å². The molecule has 0 aliphatic heterocycles. The number of para-hydroxylation sites is 1. The summed E-state index contributed by atoms with van der Waals surface area (Å²) in [5, 5.41) is 9.19. The van der Waals surface area contributed by atoms with E-state index in [0.717, 1.165) is 19.4 Å². The summed E-state index contributed by atoms with van der Waals surface area (Å²) in [4.78, 5) is 13.4. The van der Waals surface area contributed by atoms with E-state index in [1.807, 2.05) is 6.07 Å². The summed E-state index contributed by atoms with van der Waals surface area (Å²) in [5.74, 6) is -1.07. The third-order valence-electron chi connectivity index (χ3n) is 3.91. The van der Waals surface area contributed by atoms with Gasteiger partial charge in [0.2, 0.25) is 0 Å². The fourth-order valence-electron chi connectivity index (χ4n) is 2.57. The van der Waals surface area contributed by atoms with E-state index in [0.29, 0.717) is 6.54 Å². The summed E-state index contributed by atoms with van der Waals surface area (Å²) in [6.07, 6.45) is 5.78. The van der Waals surface area contributed by atoms with Crippen LogP contribution in [-0.4, -0.2) is 24.2 Å². The summed E-state index contributed by atoms with van der Waals surface area (Å²) in [6, 6.07) is 8.35. The lowest BCUT2D eigenvalue weighted by Gasteiger charge is -2.28. The number of anilines is 1. The smallest absolute Gasteiger partial charge is 0.308 e. The van der Waals surface area contributed by atoms with Crippen molar-refractivity contribution in [2.75, 3.05) is 18.0 Å². The van der Waals surface area contributed by atoms with Crippen molar-refractivity contribution in [3.63, 3.8) is 0 Å². The normalized spacial score (nSPS) is 12.1. The highest BCUT2D eigenvalue weighted by atomic mass is 16.4. The van der Waals surface area contributed by atoms with Gasteiger partial charge in [-0.1, -0.05) is 58.2 Å². The Morgan fingerprint density at radius 1 is 1.19 bits per heavy atom. The molecule has 1 aromatic carbocycles. The maximum Gasteiger partial charge on any atom is 0.308 e. The molecule has 3 heteroatoms. The van der Waals surface area contributed by atoms with Crippen molar-refractivity contribution in [3.05, 3.63) is 29.8 Å². The standard InChI is InChI=1S/C18H29NO2/c1-4-6-7-10-13-19(14-15(3)18(20)21)17-12-9-8-11-16(17)5-2/h8-9,11-12,15H,4-7,10,13-14H2,1-3H3,(H,20,21). The Balaban J connectivity index is 2.81. The largest absolute Gasteiger partial charge is 0.481 e. The molecular formula is C18H29NO2. The number of benzene rings is 1. The van der Waals surface area contributed by atoms with Crippen LogP contribution in [-0.2, 0) is 11.2 Å². The molecule has 3 nitrogen and oxygen atoms in total. The highest BCUT2D eigenvalue weighted by Gasteiger charge is 2.17. The molecular weight excluding hydrogens is 262 g/mol. The van der Waals surface area contributed by atoms with Gasteiger partial charge in [-0.25, -0.2) is 0 Å². The molecule has 1 rings (SSSR count). The van der Waals surface area contributed by atoms with Gasteiger partial charge in [-0.05, 0) is 24.5 Å². The van der Waals surface area contributed by atoms with Gasteiger partial charge >= 0.3 is 5.97 Å². The van der Waals surface area contributed by atoms with Crippen molar-refractivity contribution >= 4 is 11.7 Å². The molecule has 0 aliphatic carbocycles. The lowest BCUT2D eigenvalue weighted by molar-refractivity contribution is -0.140. The van der Waals surface area contributed by atoms with Crippen LogP contribution in [0.25, 0.3) is 0 Å². The van der Waals surface area contributed by atoms with Crippen LogP contribution >= 0.6 is 0 Å². The average molecular weight is 291 g/mol. The van der Waals surface area contributed by atoms with Crippen LogP contribution in [0.1, 0.15) is 52.0 Å². The molecule has 1 atom stereocenters. The first-order chi connectivity index (χ1) is 10.1. The second kappa shape index (κ2) is 9.43. The van der Waals surface area contributed by atoms with Gasteiger partial charge in [-0.3, -0.25) is 4.79 Å². The van der Waals surface area contributed by atoms with Crippen LogP contribution < -0.4 is 4.90 Å². The van der Waals surface area contributed by atoms with Gasteiger partial charge < -0.3 is 10.0 Å². The number of aliphatic carboxylic acids is 1. The molecule has 0 radical (unpaired) electrons.